The second kappa shape index (κ2) is 4.14. The lowest BCUT2D eigenvalue weighted by atomic mass is 10.0. The van der Waals surface area contributed by atoms with E-state index in [-0.39, 0.29) is 12.4 Å². The summed E-state index contributed by atoms with van der Waals surface area (Å²) >= 11 is 0. The van der Waals surface area contributed by atoms with Gasteiger partial charge in [-0.05, 0) is 29.1 Å². The summed E-state index contributed by atoms with van der Waals surface area (Å²) in [5, 5.41) is 12.3. The van der Waals surface area contributed by atoms with Crippen molar-refractivity contribution in [2.75, 3.05) is 6.79 Å². The molecule has 1 atom stereocenters. The Labute approximate surface area is 131 Å². The van der Waals surface area contributed by atoms with E-state index in [4.69, 9.17) is 9.47 Å². The van der Waals surface area contributed by atoms with E-state index in [9.17, 15) is 9.90 Å². The highest BCUT2D eigenvalue weighted by molar-refractivity contribution is 5.94. The topological polar surface area (TPSA) is 60.7 Å². The van der Waals surface area contributed by atoms with Gasteiger partial charge in [-0.3, -0.25) is 4.79 Å². The van der Waals surface area contributed by atoms with Crippen LogP contribution in [0.5, 0.6) is 11.5 Å². The molecule has 2 heterocycles. The number of aliphatic hydroxyl groups excluding tert-OH is 1. The van der Waals surface area contributed by atoms with Crippen LogP contribution in [0.25, 0.3) is 22.0 Å². The van der Waals surface area contributed by atoms with Gasteiger partial charge in [0.25, 0.3) is 5.56 Å². The zero-order chi connectivity index (χ0) is 15.7. The maximum atomic E-state index is 12.7. The smallest absolute Gasteiger partial charge is 0.258 e. The standard InChI is InChI=1S/C18H13NO4/c1-19-16-11-6-13-14(23-8-22-13)7-12(11)17(20)15(16)9-4-2-3-5-10(9)18(19)21/h2-7,17,20H,8H2,1H3. The predicted octanol–water partition coefficient (Wildman–Crippen LogP) is 2.33. The van der Waals surface area contributed by atoms with E-state index in [1.165, 1.54) is 0 Å². The number of aliphatic hydroxyl groups is 1. The Morgan fingerprint density at radius 3 is 2.61 bits per heavy atom. The number of aromatic nitrogens is 1. The van der Waals surface area contributed by atoms with Crippen LogP contribution in [0.3, 0.4) is 0 Å². The minimum absolute atomic E-state index is 0.0722. The SMILES string of the molecule is Cn1c2c(c3ccccc3c1=O)C(O)c1cc3c(cc1-2)OCO3. The second-order valence-corrected chi connectivity index (χ2v) is 5.87. The third-order valence-corrected chi connectivity index (χ3v) is 4.71. The van der Waals surface area contributed by atoms with Crippen molar-refractivity contribution in [3.05, 3.63) is 57.9 Å². The van der Waals surface area contributed by atoms with E-state index in [2.05, 4.69) is 0 Å². The average molecular weight is 307 g/mol. The van der Waals surface area contributed by atoms with E-state index in [1.54, 1.807) is 17.7 Å². The number of ether oxygens (including phenoxy) is 2. The van der Waals surface area contributed by atoms with Crippen LogP contribution >= 0.6 is 0 Å². The summed E-state index contributed by atoms with van der Waals surface area (Å²) in [5.41, 5.74) is 3.01. The molecule has 0 fully saturated rings. The highest BCUT2D eigenvalue weighted by Crippen LogP contribution is 2.49. The van der Waals surface area contributed by atoms with Gasteiger partial charge < -0.3 is 19.1 Å². The maximum absolute atomic E-state index is 12.7. The number of hydrogen-bond donors (Lipinski definition) is 1. The van der Waals surface area contributed by atoms with Crippen LogP contribution in [0.15, 0.2) is 41.2 Å². The maximum Gasteiger partial charge on any atom is 0.258 e. The summed E-state index contributed by atoms with van der Waals surface area (Å²) in [4.78, 5) is 12.7. The normalized spacial score (nSPS) is 17.4. The molecule has 0 radical (unpaired) electrons. The van der Waals surface area contributed by atoms with Crippen molar-refractivity contribution in [3.63, 3.8) is 0 Å². The molecule has 114 valence electrons. The highest BCUT2D eigenvalue weighted by Gasteiger charge is 2.34. The molecule has 1 unspecified atom stereocenters. The fourth-order valence-electron chi connectivity index (χ4n) is 3.64. The molecule has 1 aliphatic carbocycles. The van der Waals surface area contributed by atoms with Crippen LogP contribution in [0.2, 0.25) is 0 Å². The summed E-state index contributed by atoms with van der Waals surface area (Å²) in [5.74, 6) is 1.27. The largest absolute Gasteiger partial charge is 0.454 e. The van der Waals surface area contributed by atoms with E-state index >= 15 is 0 Å². The van der Waals surface area contributed by atoms with Crippen LogP contribution in [-0.2, 0) is 7.05 Å². The first kappa shape index (κ1) is 12.7. The second-order valence-electron chi connectivity index (χ2n) is 5.87. The lowest BCUT2D eigenvalue weighted by Crippen LogP contribution is -2.19. The van der Waals surface area contributed by atoms with Gasteiger partial charge in [-0.25, -0.2) is 0 Å². The molecule has 0 bridgehead atoms. The van der Waals surface area contributed by atoms with Gasteiger partial charge in [-0.1, -0.05) is 18.2 Å². The Morgan fingerprint density at radius 2 is 1.83 bits per heavy atom. The molecule has 5 nitrogen and oxygen atoms in total. The first-order valence-electron chi connectivity index (χ1n) is 7.40. The van der Waals surface area contributed by atoms with E-state index in [0.717, 1.165) is 27.8 Å². The average Bonchev–Trinajstić information content (AvgIpc) is 3.13. The molecule has 0 amide bonds. The number of nitrogens with zero attached hydrogens (tertiary/aromatic N) is 1. The minimum Gasteiger partial charge on any atom is -0.454 e. The van der Waals surface area contributed by atoms with Gasteiger partial charge in [-0.2, -0.15) is 0 Å². The van der Waals surface area contributed by atoms with Gasteiger partial charge in [0.2, 0.25) is 6.79 Å². The fraction of sp³-hybridized carbons (Fsp3) is 0.167. The first-order chi connectivity index (χ1) is 11.2. The zero-order valence-electron chi connectivity index (χ0n) is 12.4. The molecule has 1 N–H and O–H groups in total. The van der Waals surface area contributed by atoms with Gasteiger partial charge in [0.15, 0.2) is 11.5 Å². The molecule has 5 rings (SSSR count). The molecular weight excluding hydrogens is 294 g/mol. The Kier molecular flexibility index (Phi) is 2.29. The highest BCUT2D eigenvalue weighted by atomic mass is 16.7. The molecule has 5 heteroatoms. The monoisotopic (exact) mass is 307 g/mol. The van der Waals surface area contributed by atoms with E-state index in [0.29, 0.717) is 16.9 Å². The number of rotatable bonds is 0. The van der Waals surface area contributed by atoms with E-state index in [1.807, 2.05) is 30.3 Å². The third kappa shape index (κ3) is 1.47. The molecule has 0 saturated carbocycles. The van der Waals surface area contributed by atoms with Crippen LogP contribution < -0.4 is 15.0 Å². The molecule has 0 spiro atoms. The predicted molar refractivity (Wildman–Crippen MR) is 84.8 cm³/mol. The quantitative estimate of drug-likeness (QED) is 0.692. The van der Waals surface area contributed by atoms with Crippen molar-refractivity contribution in [2.24, 2.45) is 7.05 Å². The van der Waals surface area contributed by atoms with Crippen LogP contribution in [-0.4, -0.2) is 16.5 Å². The number of pyridine rings is 1. The summed E-state index contributed by atoms with van der Waals surface area (Å²) in [6.45, 7) is 0.178. The van der Waals surface area contributed by atoms with Crippen molar-refractivity contribution in [3.8, 4) is 22.8 Å². The van der Waals surface area contributed by atoms with Gasteiger partial charge in [0.1, 0.15) is 6.10 Å². The van der Waals surface area contributed by atoms with Gasteiger partial charge in [0.05, 0.1) is 5.69 Å². The molecule has 1 aromatic heterocycles. The molecule has 3 aromatic rings. The molecule has 23 heavy (non-hydrogen) atoms. The Hall–Kier alpha value is -2.79. The number of benzene rings is 2. The number of fused-ring (bicyclic) bond motifs is 6. The molecular formula is C18H13NO4. The van der Waals surface area contributed by atoms with Crippen molar-refractivity contribution < 1.29 is 14.6 Å². The fourth-order valence-corrected chi connectivity index (χ4v) is 3.64. The number of hydrogen-bond acceptors (Lipinski definition) is 4. The lowest BCUT2D eigenvalue weighted by molar-refractivity contribution is 0.173. The van der Waals surface area contributed by atoms with Crippen molar-refractivity contribution in [2.45, 2.75) is 6.10 Å². The zero-order valence-corrected chi connectivity index (χ0v) is 12.4. The summed E-state index contributed by atoms with van der Waals surface area (Å²) in [6.07, 6.45) is -0.786. The molecule has 0 saturated heterocycles. The van der Waals surface area contributed by atoms with Crippen molar-refractivity contribution in [1.82, 2.24) is 4.57 Å². The third-order valence-electron chi connectivity index (χ3n) is 4.71. The Balaban J connectivity index is 1.95. The minimum atomic E-state index is -0.786. The van der Waals surface area contributed by atoms with E-state index < -0.39 is 6.10 Å². The van der Waals surface area contributed by atoms with Crippen LogP contribution in [0, 0.1) is 0 Å². The first-order valence-corrected chi connectivity index (χ1v) is 7.40. The summed E-state index contributed by atoms with van der Waals surface area (Å²) < 4.78 is 12.5. The van der Waals surface area contributed by atoms with Crippen molar-refractivity contribution in [1.29, 1.82) is 0 Å². The molecule has 2 aliphatic rings. The van der Waals surface area contributed by atoms with Gasteiger partial charge in [0, 0.05) is 23.6 Å². The van der Waals surface area contributed by atoms with Gasteiger partial charge >= 0.3 is 0 Å². The van der Waals surface area contributed by atoms with Gasteiger partial charge in [-0.15, -0.1) is 0 Å². The van der Waals surface area contributed by atoms with Crippen LogP contribution in [0.1, 0.15) is 17.2 Å². The lowest BCUT2D eigenvalue weighted by Gasteiger charge is -2.12. The Morgan fingerprint density at radius 1 is 1.13 bits per heavy atom. The summed E-state index contributed by atoms with van der Waals surface area (Å²) in [6, 6.07) is 11.0. The molecule has 1 aliphatic heterocycles. The van der Waals surface area contributed by atoms with Crippen molar-refractivity contribution >= 4 is 10.8 Å². The van der Waals surface area contributed by atoms with Crippen LogP contribution in [0.4, 0.5) is 0 Å². The Bertz CT molecular complexity index is 1050. The molecule has 2 aromatic carbocycles. The summed E-state index contributed by atoms with van der Waals surface area (Å²) in [7, 11) is 1.74.